The zero-order valence-electron chi connectivity index (χ0n) is 16.4. The van der Waals surface area contributed by atoms with E-state index in [-0.39, 0.29) is 36.6 Å². The van der Waals surface area contributed by atoms with Crippen LogP contribution >= 0.6 is 24.0 Å². The molecular weight excluding hydrogens is 491 g/mol. The number of aromatic amines is 1. The molecule has 1 aromatic carbocycles. The van der Waals surface area contributed by atoms with E-state index in [4.69, 9.17) is 0 Å². The van der Waals surface area contributed by atoms with Gasteiger partial charge in [-0.05, 0) is 31.4 Å². The molecule has 1 fully saturated rings. The van der Waals surface area contributed by atoms with Crippen LogP contribution in [0.5, 0.6) is 0 Å². The van der Waals surface area contributed by atoms with Crippen molar-refractivity contribution < 1.29 is 8.78 Å². The van der Waals surface area contributed by atoms with Gasteiger partial charge in [0.15, 0.2) is 11.8 Å². The van der Waals surface area contributed by atoms with Crippen LogP contribution in [0.4, 0.5) is 8.78 Å². The zero-order valence-corrected chi connectivity index (χ0v) is 18.8. The van der Waals surface area contributed by atoms with Crippen LogP contribution < -0.4 is 10.6 Å². The van der Waals surface area contributed by atoms with Crippen LogP contribution in [0.3, 0.4) is 0 Å². The fraction of sp³-hybridized carbons (Fsp3) is 0.526. The fourth-order valence-corrected chi connectivity index (χ4v) is 3.30. The number of nitrogens with one attached hydrogen (secondary N) is 3. The molecule has 7 nitrogen and oxygen atoms in total. The van der Waals surface area contributed by atoms with Crippen LogP contribution in [0.2, 0.25) is 0 Å². The molecule has 1 aromatic heterocycles. The summed E-state index contributed by atoms with van der Waals surface area (Å²) in [7, 11) is 0. The van der Waals surface area contributed by atoms with Crippen molar-refractivity contribution >= 4 is 29.9 Å². The van der Waals surface area contributed by atoms with Gasteiger partial charge in [-0.1, -0.05) is 18.2 Å². The lowest BCUT2D eigenvalue weighted by molar-refractivity contribution is 0.0744. The Hall–Kier alpha value is -1.82. The predicted octanol–water partition coefficient (Wildman–Crippen LogP) is 2.87. The Morgan fingerprint density at radius 1 is 1.34 bits per heavy atom. The summed E-state index contributed by atoms with van der Waals surface area (Å²) in [6.45, 7) is 4.53. The van der Waals surface area contributed by atoms with Gasteiger partial charge in [0.2, 0.25) is 0 Å². The van der Waals surface area contributed by atoms with Gasteiger partial charge < -0.3 is 10.6 Å². The van der Waals surface area contributed by atoms with Gasteiger partial charge >= 0.3 is 0 Å². The number of rotatable bonds is 7. The van der Waals surface area contributed by atoms with Gasteiger partial charge in [0.1, 0.15) is 6.33 Å². The molecule has 160 valence electrons. The molecule has 0 spiro atoms. The van der Waals surface area contributed by atoms with Crippen molar-refractivity contribution in [2.24, 2.45) is 4.99 Å². The van der Waals surface area contributed by atoms with E-state index in [2.05, 4.69) is 30.8 Å². The molecule has 1 aliphatic heterocycles. The van der Waals surface area contributed by atoms with Crippen molar-refractivity contribution in [2.75, 3.05) is 26.2 Å². The lowest BCUT2D eigenvalue weighted by atomic mass is 10.1. The Balaban J connectivity index is 0.00000300. The van der Waals surface area contributed by atoms with Gasteiger partial charge in [0.25, 0.3) is 6.43 Å². The Labute approximate surface area is 186 Å². The molecule has 0 amide bonds. The number of aliphatic imine (C=N–C) groups is 1. The van der Waals surface area contributed by atoms with Gasteiger partial charge in [-0.15, -0.1) is 24.0 Å². The van der Waals surface area contributed by atoms with E-state index in [9.17, 15) is 8.78 Å². The highest BCUT2D eigenvalue weighted by atomic mass is 127. The number of halogens is 3. The molecule has 10 heteroatoms. The second-order valence-corrected chi connectivity index (χ2v) is 6.84. The Morgan fingerprint density at radius 3 is 2.79 bits per heavy atom. The third-order valence-corrected chi connectivity index (χ3v) is 4.70. The summed E-state index contributed by atoms with van der Waals surface area (Å²) in [6.07, 6.45) is 0.882. The smallest absolute Gasteiger partial charge is 0.251 e. The average Bonchev–Trinajstić information content (AvgIpc) is 3.22. The first kappa shape index (κ1) is 23.5. The quantitative estimate of drug-likeness (QED) is 0.298. The third-order valence-electron chi connectivity index (χ3n) is 4.70. The van der Waals surface area contributed by atoms with Gasteiger partial charge in [-0.3, -0.25) is 10.00 Å². The number of alkyl halides is 2. The van der Waals surface area contributed by atoms with E-state index in [0.29, 0.717) is 19.6 Å². The average molecular weight is 519 g/mol. The van der Waals surface area contributed by atoms with Crippen LogP contribution in [0.15, 0.2) is 35.6 Å². The number of benzene rings is 1. The predicted molar refractivity (Wildman–Crippen MR) is 121 cm³/mol. The topological polar surface area (TPSA) is 81.2 Å². The molecule has 0 radical (unpaired) electrons. The Bertz CT molecular complexity index is 747. The van der Waals surface area contributed by atoms with Gasteiger partial charge in [0, 0.05) is 31.2 Å². The number of likely N-dealkylation sites (tertiary alicyclic amines) is 1. The first-order chi connectivity index (χ1) is 13.6. The first-order valence-electron chi connectivity index (χ1n) is 9.64. The molecule has 0 aliphatic carbocycles. The van der Waals surface area contributed by atoms with Crippen molar-refractivity contribution in [2.45, 2.75) is 38.8 Å². The van der Waals surface area contributed by atoms with Crippen molar-refractivity contribution in [1.82, 2.24) is 30.7 Å². The molecule has 2 aromatic rings. The maximum absolute atomic E-state index is 12.5. The minimum absolute atomic E-state index is 0. The molecule has 0 saturated carbocycles. The molecule has 0 unspecified atom stereocenters. The summed E-state index contributed by atoms with van der Waals surface area (Å²) in [5.41, 5.74) is 2.03. The number of guanidine groups is 1. The molecule has 2 heterocycles. The van der Waals surface area contributed by atoms with Crippen LogP contribution in [-0.2, 0) is 6.54 Å². The normalized spacial score (nSPS) is 15.9. The lowest BCUT2D eigenvalue weighted by Crippen LogP contribution is -2.49. The summed E-state index contributed by atoms with van der Waals surface area (Å²) in [5, 5.41) is 13.4. The van der Waals surface area contributed by atoms with Gasteiger partial charge in [-0.25, -0.2) is 18.8 Å². The van der Waals surface area contributed by atoms with E-state index >= 15 is 0 Å². The molecule has 3 N–H and O–H groups in total. The standard InChI is InChI=1S/C19H27F2N7.HI/c1-2-22-19(26-16-6-8-28(9-7-16)12-17(20)21)23-11-14-4-3-5-15(10-14)18-24-13-25-27-18;/h3-5,10,13,16-17H,2,6-9,11-12H2,1H3,(H2,22,23,26)(H,24,25,27);1H. The summed E-state index contributed by atoms with van der Waals surface area (Å²) >= 11 is 0. The number of piperidine rings is 1. The Kier molecular flexibility index (Phi) is 9.71. The summed E-state index contributed by atoms with van der Waals surface area (Å²) in [6, 6.07) is 8.26. The number of hydrogen-bond acceptors (Lipinski definition) is 4. The highest BCUT2D eigenvalue weighted by Gasteiger charge is 2.21. The van der Waals surface area contributed by atoms with E-state index in [0.717, 1.165) is 42.3 Å². The fourth-order valence-electron chi connectivity index (χ4n) is 3.30. The maximum Gasteiger partial charge on any atom is 0.251 e. The minimum atomic E-state index is -2.27. The van der Waals surface area contributed by atoms with Gasteiger partial charge in [-0.2, -0.15) is 5.10 Å². The Morgan fingerprint density at radius 2 is 2.14 bits per heavy atom. The third kappa shape index (κ3) is 7.50. The number of H-pyrrole nitrogens is 1. The second kappa shape index (κ2) is 12.0. The SMILES string of the molecule is CCNC(=NCc1cccc(-c2ncn[nH]2)c1)NC1CCN(CC(F)F)CC1.I. The van der Waals surface area contributed by atoms with Crippen LogP contribution in [0, 0.1) is 0 Å². The highest BCUT2D eigenvalue weighted by Crippen LogP contribution is 2.16. The number of aromatic nitrogens is 3. The van der Waals surface area contributed by atoms with Crippen LogP contribution in [0.25, 0.3) is 11.4 Å². The molecule has 1 saturated heterocycles. The maximum atomic E-state index is 12.5. The van der Waals surface area contributed by atoms with Crippen molar-refractivity contribution in [3.05, 3.63) is 36.2 Å². The summed E-state index contributed by atoms with van der Waals surface area (Å²) < 4.78 is 25.0. The molecule has 0 bridgehead atoms. The van der Waals surface area contributed by atoms with Crippen LogP contribution in [-0.4, -0.2) is 64.7 Å². The largest absolute Gasteiger partial charge is 0.357 e. The lowest BCUT2D eigenvalue weighted by Gasteiger charge is -2.32. The minimum Gasteiger partial charge on any atom is -0.357 e. The van der Waals surface area contributed by atoms with E-state index in [1.807, 2.05) is 36.1 Å². The van der Waals surface area contributed by atoms with Crippen molar-refractivity contribution in [3.8, 4) is 11.4 Å². The van der Waals surface area contributed by atoms with Gasteiger partial charge in [0.05, 0.1) is 13.1 Å². The molecular formula is C19H28F2IN7. The molecule has 3 rings (SSSR count). The van der Waals surface area contributed by atoms with Crippen molar-refractivity contribution in [3.63, 3.8) is 0 Å². The molecule has 0 atom stereocenters. The highest BCUT2D eigenvalue weighted by molar-refractivity contribution is 14.0. The summed E-state index contributed by atoms with van der Waals surface area (Å²) in [5.74, 6) is 1.48. The number of nitrogens with zero attached hydrogens (tertiary/aromatic N) is 4. The monoisotopic (exact) mass is 519 g/mol. The zero-order chi connectivity index (χ0) is 19.8. The number of hydrogen-bond donors (Lipinski definition) is 3. The van der Waals surface area contributed by atoms with Crippen LogP contribution in [0.1, 0.15) is 25.3 Å². The summed E-state index contributed by atoms with van der Waals surface area (Å²) in [4.78, 5) is 10.7. The molecule has 29 heavy (non-hydrogen) atoms. The van der Waals surface area contributed by atoms with E-state index in [1.54, 1.807) is 0 Å². The first-order valence-corrected chi connectivity index (χ1v) is 9.64. The molecule has 1 aliphatic rings. The van der Waals surface area contributed by atoms with Crippen molar-refractivity contribution in [1.29, 1.82) is 0 Å². The van der Waals surface area contributed by atoms with E-state index in [1.165, 1.54) is 6.33 Å². The second-order valence-electron chi connectivity index (χ2n) is 6.84. The van der Waals surface area contributed by atoms with E-state index < -0.39 is 6.43 Å².